The van der Waals surface area contributed by atoms with E-state index in [0.29, 0.717) is 0 Å². The number of benzene rings is 1. The molecule has 0 saturated carbocycles. The standard InChI is InChI=1S/C9H7F5N2O2/c10-8(11,12)7(17,18)9(13,14)16-15-6-4-2-1-3-5-6/h1-5,17-18H. The Morgan fingerprint density at radius 2 is 1.39 bits per heavy atom. The van der Waals surface area contributed by atoms with Crippen LogP contribution in [-0.4, -0.2) is 28.2 Å². The minimum atomic E-state index is -5.97. The molecule has 0 fully saturated rings. The van der Waals surface area contributed by atoms with E-state index < -0.39 is 18.0 Å². The van der Waals surface area contributed by atoms with Gasteiger partial charge in [0.15, 0.2) is 0 Å². The molecule has 18 heavy (non-hydrogen) atoms. The average molecular weight is 270 g/mol. The average Bonchev–Trinajstić information content (AvgIpc) is 2.26. The second-order valence-electron chi connectivity index (χ2n) is 3.25. The number of hydrogen-bond donors (Lipinski definition) is 2. The summed E-state index contributed by atoms with van der Waals surface area (Å²) >= 11 is 0. The van der Waals surface area contributed by atoms with E-state index in [1.165, 1.54) is 30.3 Å². The lowest BCUT2D eigenvalue weighted by molar-refractivity contribution is -0.415. The molecule has 0 aliphatic rings. The van der Waals surface area contributed by atoms with Crippen molar-refractivity contribution < 1.29 is 32.2 Å². The van der Waals surface area contributed by atoms with Gasteiger partial charge in [0.1, 0.15) is 0 Å². The highest BCUT2D eigenvalue weighted by Gasteiger charge is 2.70. The smallest absolute Gasteiger partial charge is 0.352 e. The molecule has 9 heteroatoms. The van der Waals surface area contributed by atoms with Gasteiger partial charge in [-0.05, 0) is 12.1 Å². The van der Waals surface area contributed by atoms with Gasteiger partial charge in [-0.3, -0.25) is 0 Å². The fraction of sp³-hybridized carbons (Fsp3) is 0.333. The van der Waals surface area contributed by atoms with E-state index in [1.54, 1.807) is 0 Å². The molecule has 0 bridgehead atoms. The van der Waals surface area contributed by atoms with E-state index in [0.717, 1.165) is 0 Å². The summed E-state index contributed by atoms with van der Waals surface area (Å²) < 4.78 is 61.7. The van der Waals surface area contributed by atoms with Gasteiger partial charge in [0.05, 0.1) is 5.69 Å². The number of aliphatic hydroxyl groups is 2. The van der Waals surface area contributed by atoms with Gasteiger partial charge in [-0.2, -0.15) is 27.1 Å². The Balaban J connectivity index is 2.98. The van der Waals surface area contributed by atoms with Crippen LogP contribution in [0.1, 0.15) is 0 Å². The maximum absolute atomic E-state index is 12.9. The van der Waals surface area contributed by atoms with Crippen molar-refractivity contribution in [2.24, 2.45) is 10.2 Å². The molecule has 0 aliphatic carbocycles. The third kappa shape index (κ3) is 2.79. The van der Waals surface area contributed by atoms with Gasteiger partial charge in [0.25, 0.3) is 0 Å². The zero-order chi connectivity index (χ0) is 14.0. The Labute approximate surface area is 97.4 Å². The van der Waals surface area contributed by atoms with E-state index in [2.05, 4.69) is 5.11 Å². The van der Waals surface area contributed by atoms with E-state index in [9.17, 15) is 22.0 Å². The normalized spacial score (nSPS) is 14.2. The van der Waals surface area contributed by atoms with Crippen molar-refractivity contribution in [3.8, 4) is 0 Å². The van der Waals surface area contributed by atoms with Crippen LogP contribution in [0, 0.1) is 0 Å². The van der Waals surface area contributed by atoms with Crippen LogP contribution in [0.25, 0.3) is 0 Å². The zero-order valence-electron chi connectivity index (χ0n) is 8.57. The minimum absolute atomic E-state index is 0.157. The Hall–Kier alpha value is -1.61. The van der Waals surface area contributed by atoms with Crippen LogP contribution in [0.2, 0.25) is 0 Å². The first-order chi connectivity index (χ1) is 8.08. The fourth-order valence-corrected chi connectivity index (χ4v) is 0.855. The van der Waals surface area contributed by atoms with Crippen molar-refractivity contribution in [2.45, 2.75) is 18.0 Å². The van der Waals surface area contributed by atoms with Gasteiger partial charge in [0, 0.05) is 0 Å². The summed E-state index contributed by atoms with van der Waals surface area (Å²) in [6.45, 7) is 0. The van der Waals surface area contributed by atoms with Crippen LogP contribution in [0.5, 0.6) is 0 Å². The van der Waals surface area contributed by atoms with Crippen molar-refractivity contribution in [1.82, 2.24) is 0 Å². The monoisotopic (exact) mass is 270 g/mol. The molecule has 100 valence electrons. The maximum atomic E-state index is 12.9. The van der Waals surface area contributed by atoms with Crippen molar-refractivity contribution in [1.29, 1.82) is 0 Å². The van der Waals surface area contributed by atoms with Crippen LogP contribution in [-0.2, 0) is 0 Å². The Bertz CT molecular complexity index is 430. The first-order valence-electron chi connectivity index (χ1n) is 4.45. The Morgan fingerprint density at radius 3 is 1.83 bits per heavy atom. The molecule has 1 aromatic carbocycles. The first-order valence-corrected chi connectivity index (χ1v) is 4.45. The summed E-state index contributed by atoms with van der Waals surface area (Å²) in [6.07, 6.45) is -5.97. The number of nitrogens with zero attached hydrogens (tertiary/aromatic N) is 2. The molecule has 1 aromatic rings. The highest BCUT2D eigenvalue weighted by molar-refractivity contribution is 5.34. The molecule has 0 aliphatic heterocycles. The first kappa shape index (κ1) is 14.5. The number of hydrogen-bond acceptors (Lipinski definition) is 4. The van der Waals surface area contributed by atoms with E-state index in [-0.39, 0.29) is 5.69 Å². The topological polar surface area (TPSA) is 65.2 Å². The molecule has 0 spiro atoms. The molecule has 0 radical (unpaired) electrons. The molecular formula is C9H7F5N2O2. The van der Waals surface area contributed by atoms with Gasteiger partial charge in [-0.15, -0.1) is 5.11 Å². The second kappa shape index (κ2) is 4.58. The zero-order valence-corrected chi connectivity index (χ0v) is 8.57. The molecule has 0 amide bonds. The van der Waals surface area contributed by atoms with Gasteiger partial charge >= 0.3 is 18.0 Å². The van der Waals surface area contributed by atoms with Crippen LogP contribution >= 0.6 is 0 Å². The number of rotatable bonds is 3. The van der Waals surface area contributed by atoms with Gasteiger partial charge in [-0.1, -0.05) is 18.2 Å². The lowest BCUT2D eigenvalue weighted by Crippen LogP contribution is -2.57. The molecular weight excluding hydrogens is 263 g/mol. The molecule has 0 heterocycles. The summed E-state index contributed by atoms with van der Waals surface area (Å²) in [6, 6.07) is 1.48. The van der Waals surface area contributed by atoms with Crippen LogP contribution < -0.4 is 0 Å². The SMILES string of the molecule is OC(O)(C(F)(F)F)C(F)(F)N=Nc1ccccc1. The second-order valence-corrected chi connectivity index (χ2v) is 3.25. The minimum Gasteiger partial charge on any atom is -0.352 e. The molecule has 0 unspecified atom stereocenters. The Kier molecular flexibility index (Phi) is 3.67. The van der Waals surface area contributed by atoms with Crippen molar-refractivity contribution in [3.63, 3.8) is 0 Å². The van der Waals surface area contributed by atoms with Crippen molar-refractivity contribution in [2.75, 3.05) is 0 Å². The lowest BCUT2D eigenvalue weighted by Gasteiger charge is -2.28. The van der Waals surface area contributed by atoms with Crippen LogP contribution in [0.15, 0.2) is 40.6 Å². The van der Waals surface area contributed by atoms with Crippen molar-refractivity contribution in [3.05, 3.63) is 30.3 Å². The van der Waals surface area contributed by atoms with Crippen molar-refractivity contribution >= 4 is 5.69 Å². The predicted molar refractivity (Wildman–Crippen MR) is 49.1 cm³/mol. The number of alkyl halides is 5. The Morgan fingerprint density at radius 1 is 0.889 bits per heavy atom. The highest BCUT2D eigenvalue weighted by atomic mass is 19.4. The summed E-state index contributed by atoms with van der Waals surface area (Å²) in [5.41, 5.74) is -0.157. The molecule has 0 saturated heterocycles. The van der Waals surface area contributed by atoms with Gasteiger partial charge in [-0.25, -0.2) is 0 Å². The molecule has 4 nitrogen and oxygen atoms in total. The van der Waals surface area contributed by atoms with Gasteiger partial charge < -0.3 is 10.2 Å². The molecule has 0 aromatic heterocycles. The summed E-state index contributed by atoms with van der Waals surface area (Å²) in [5, 5.41) is 21.6. The molecule has 1 rings (SSSR count). The van der Waals surface area contributed by atoms with Gasteiger partial charge in [0.2, 0.25) is 0 Å². The third-order valence-electron chi connectivity index (χ3n) is 1.86. The highest BCUT2D eigenvalue weighted by Crippen LogP contribution is 2.41. The molecule has 0 atom stereocenters. The third-order valence-corrected chi connectivity index (χ3v) is 1.86. The van der Waals surface area contributed by atoms with E-state index in [1.807, 2.05) is 5.11 Å². The van der Waals surface area contributed by atoms with Crippen LogP contribution in [0.3, 0.4) is 0 Å². The summed E-state index contributed by atoms with van der Waals surface area (Å²) in [5.74, 6) is -5.28. The molecule has 2 N–H and O–H groups in total. The fourth-order valence-electron chi connectivity index (χ4n) is 0.855. The number of azo groups is 1. The summed E-state index contributed by atoms with van der Waals surface area (Å²) in [4.78, 5) is 0. The number of halogens is 5. The quantitative estimate of drug-likeness (QED) is 0.384. The largest absolute Gasteiger partial charge is 0.451 e. The van der Waals surface area contributed by atoms with E-state index in [4.69, 9.17) is 10.2 Å². The van der Waals surface area contributed by atoms with Crippen LogP contribution in [0.4, 0.5) is 27.6 Å². The predicted octanol–water partition coefficient (Wildman–Crippen LogP) is 2.61. The lowest BCUT2D eigenvalue weighted by atomic mass is 10.2. The maximum Gasteiger partial charge on any atom is 0.451 e. The summed E-state index contributed by atoms with van der Waals surface area (Å²) in [7, 11) is 0. The van der Waals surface area contributed by atoms with E-state index >= 15 is 0 Å².